The molecule has 0 fully saturated rings. The number of allylic oxidation sites excluding steroid dienone is 2. The van der Waals surface area contributed by atoms with E-state index in [-0.39, 0.29) is 25.8 Å². The van der Waals surface area contributed by atoms with Crippen LogP contribution in [0, 0.1) is 0 Å². The van der Waals surface area contributed by atoms with E-state index in [1.807, 2.05) is 28.1 Å². The smallest absolute Gasteiger partial charge is 0.457 e. The van der Waals surface area contributed by atoms with Gasteiger partial charge in [0.25, 0.3) is 0 Å². The molecule has 2 unspecified atom stereocenters. The largest absolute Gasteiger partial charge is 0.472 e. The quantitative estimate of drug-likeness (QED) is 0.0235. The molecule has 2 atom stereocenters. The second kappa shape index (κ2) is 31.5. The summed E-state index contributed by atoms with van der Waals surface area (Å²) in [7, 11) is 1.67. The summed E-state index contributed by atoms with van der Waals surface area (Å²) in [5, 5.41) is 0. The Morgan fingerprint density at radius 2 is 1.13 bits per heavy atom. The van der Waals surface area contributed by atoms with Gasteiger partial charge in [-0.2, -0.15) is 0 Å². The minimum absolute atomic E-state index is 0.0893. The molecule has 46 heavy (non-hydrogen) atoms. The van der Waals surface area contributed by atoms with Gasteiger partial charge in [-0.15, -0.1) is 0 Å². The summed E-state index contributed by atoms with van der Waals surface area (Å²) in [5.74, 6) is -0.348. The van der Waals surface area contributed by atoms with Crippen LogP contribution in [-0.2, 0) is 27.9 Å². The average molecular weight is 677 g/mol. The number of carbonyl (C=O) groups is 1. The maximum absolute atomic E-state index is 12.3. The SMILES string of the molecule is CCCCCCCCCC/C=C\CCCCCCCCCCCCOCC(COP(=O)(O)OCC[N+](C)(C)C)OC(=O)CCCC. The number of rotatable bonds is 35. The van der Waals surface area contributed by atoms with E-state index < -0.39 is 13.9 Å². The predicted molar refractivity (Wildman–Crippen MR) is 192 cm³/mol. The summed E-state index contributed by atoms with van der Waals surface area (Å²) < 4.78 is 34.3. The van der Waals surface area contributed by atoms with Gasteiger partial charge in [-0.05, 0) is 38.5 Å². The number of hydrogen-bond donors (Lipinski definition) is 1. The summed E-state index contributed by atoms with van der Waals surface area (Å²) in [6, 6.07) is 0. The van der Waals surface area contributed by atoms with Crippen LogP contribution in [0.3, 0.4) is 0 Å². The zero-order valence-corrected chi connectivity index (χ0v) is 31.7. The highest BCUT2D eigenvalue weighted by Gasteiger charge is 2.26. The Morgan fingerprint density at radius 3 is 1.63 bits per heavy atom. The number of unbranched alkanes of at least 4 members (excludes halogenated alkanes) is 19. The Balaban J connectivity index is 3.82. The van der Waals surface area contributed by atoms with Gasteiger partial charge in [-0.3, -0.25) is 13.8 Å². The lowest BCUT2D eigenvalue weighted by Crippen LogP contribution is -2.37. The molecule has 0 amide bonds. The van der Waals surface area contributed by atoms with Crippen LogP contribution in [0.25, 0.3) is 0 Å². The third kappa shape index (κ3) is 34.6. The number of carbonyl (C=O) groups excluding carboxylic acids is 1. The van der Waals surface area contributed by atoms with E-state index in [4.69, 9.17) is 18.5 Å². The highest BCUT2D eigenvalue weighted by atomic mass is 31.2. The maximum atomic E-state index is 12.3. The molecule has 0 aliphatic carbocycles. The lowest BCUT2D eigenvalue weighted by molar-refractivity contribution is -0.870. The molecule has 0 aliphatic rings. The van der Waals surface area contributed by atoms with E-state index in [1.165, 1.54) is 116 Å². The van der Waals surface area contributed by atoms with Gasteiger partial charge in [-0.25, -0.2) is 4.57 Å². The van der Waals surface area contributed by atoms with Crippen LogP contribution in [0.5, 0.6) is 0 Å². The van der Waals surface area contributed by atoms with Gasteiger partial charge in [-0.1, -0.05) is 129 Å². The topological polar surface area (TPSA) is 91.3 Å². The Morgan fingerprint density at radius 1 is 0.652 bits per heavy atom. The highest BCUT2D eigenvalue weighted by Crippen LogP contribution is 2.43. The van der Waals surface area contributed by atoms with Crippen molar-refractivity contribution in [3.05, 3.63) is 12.2 Å². The first-order valence-corrected chi connectivity index (χ1v) is 20.4. The molecule has 0 saturated carbocycles. The van der Waals surface area contributed by atoms with Crippen molar-refractivity contribution >= 4 is 13.8 Å². The van der Waals surface area contributed by atoms with E-state index in [0.29, 0.717) is 24.1 Å². The van der Waals surface area contributed by atoms with Crippen molar-refractivity contribution in [2.24, 2.45) is 0 Å². The zero-order chi connectivity index (χ0) is 34.2. The first kappa shape index (κ1) is 45.2. The Hall–Kier alpha value is -0.760. The van der Waals surface area contributed by atoms with Crippen LogP contribution in [0.4, 0.5) is 0 Å². The standard InChI is InChI=1S/C37H74NO7P/c1-6-8-10-11-12-13-14-15-16-17-18-19-20-21-22-23-24-25-26-27-28-29-32-42-34-36(45-37(39)30-9-7-2)35-44-46(40,41)43-33-31-38(3,4)5/h17-18,36H,6-16,19-35H2,1-5H3/p+1/b18-17-. The molecule has 0 aromatic carbocycles. The zero-order valence-electron chi connectivity index (χ0n) is 30.8. The number of likely N-dealkylation sites (N-methyl/N-ethyl adjacent to an activating group) is 1. The van der Waals surface area contributed by atoms with E-state index in [0.717, 1.165) is 25.7 Å². The lowest BCUT2D eigenvalue weighted by atomic mass is 10.1. The fourth-order valence-electron chi connectivity index (χ4n) is 5.05. The molecule has 1 N–H and O–H groups in total. The third-order valence-electron chi connectivity index (χ3n) is 8.08. The Bertz CT molecular complexity index is 756. The fourth-order valence-corrected chi connectivity index (χ4v) is 5.80. The fraction of sp³-hybridized carbons (Fsp3) is 0.919. The lowest BCUT2D eigenvalue weighted by Gasteiger charge is -2.24. The van der Waals surface area contributed by atoms with Crippen molar-refractivity contribution < 1.29 is 37.3 Å². The van der Waals surface area contributed by atoms with Crippen molar-refractivity contribution in [1.82, 2.24) is 0 Å². The molecule has 0 spiro atoms. The molecule has 274 valence electrons. The molecule has 0 saturated heterocycles. The van der Waals surface area contributed by atoms with E-state index >= 15 is 0 Å². The van der Waals surface area contributed by atoms with Crippen LogP contribution in [-0.4, -0.2) is 75.6 Å². The number of quaternary nitrogens is 1. The number of esters is 1. The van der Waals surface area contributed by atoms with E-state index in [1.54, 1.807) is 0 Å². The van der Waals surface area contributed by atoms with Crippen molar-refractivity contribution in [3.63, 3.8) is 0 Å². The third-order valence-corrected chi connectivity index (χ3v) is 9.06. The van der Waals surface area contributed by atoms with Crippen molar-refractivity contribution in [1.29, 1.82) is 0 Å². The molecule has 0 aromatic heterocycles. The molecule has 0 aliphatic heterocycles. The normalized spacial score (nSPS) is 14.1. The van der Waals surface area contributed by atoms with Crippen LogP contribution in [0.1, 0.15) is 162 Å². The van der Waals surface area contributed by atoms with Gasteiger partial charge in [0.2, 0.25) is 0 Å². The average Bonchev–Trinajstić information content (AvgIpc) is 3.00. The summed E-state index contributed by atoms with van der Waals surface area (Å²) in [4.78, 5) is 22.2. The van der Waals surface area contributed by atoms with Crippen LogP contribution < -0.4 is 0 Å². The van der Waals surface area contributed by atoms with Gasteiger partial charge in [0.15, 0.2) is 0 Å². The molecule has 8 nitrogen and oxygen atoms in total. The Kier molecular flexibility index (Phi) is 31.0. The summed E-state index contributed by atoms with van der Waals surface area (Å²) in [6.07, 6.45) is 32.1. The van der Waals surface area contributed by atoms with Crippen LogP contribution in [0.2, 0.25) is 0 Å². The van der Waals surface area contributed by atoms with Gasteiger partial charge < -0.3 is 18.9 Å². The second-order valence-electron chi connectivity index (χ2n) is 14.0. The molecule has 0 heterocycles. The second-order valence-corrected chi connectivity index (χ2v) is 15.4. The van der Waals surface area contributed by atoms with Crippen LogP contribution >= 0.6 is 7.82 Å². The summed E-state index contributed by atoms with van der Waals surface area (Å²) >= 11 is 0. The summed E-state index contributed by atoms with van der Waals surface area (Å²) in [5.41, 5.74) is 0. The van der Waals surface area contributed by atoms with Gasteiger partial charge in [0.1, 0.15) is 19.3 Å². The van der Waals surface area contributed by atoms with E-state index in [9.17, 15) is 14.3 Å². The maximum Gasteiger partial charge on any atom is 0.472 e. The first-order chi connectivity index (χ1) is 22.1. The Labute approximate surface area is 284 Å². The predicted octanol–water partition coefficient (Wildman–Crippen LogP) is 10.3. The first-order valence-electron chi connectivity index (χ1n) is 18.9. The number of ether oxygens (including phenoxy) is 2. The highest BCUT2D eigenvalue weighted by molar-refractivity contribution is 7.47. The molecular formula is C37H75NO7P+. The molecular weight excluding hydrogens is 601 g/mol. The number of hydrogen-bond acceptors (Lipinski definition) is 6. The van der Waals surface area contributed by atoms with Crippen molar-refractivity contribution in [2.45, 2.75) is 168 Å². The van der Waals surface area contributed by atoms with Crippen molar-refractivity contribution in [2.75, 3.05) is 54.1 Å². The minimum Gasteiger partial charge on any atom is -0.457 e. The van der Waals surface area contributed by atoms with Gasteiger partial charge >= 0.3 is 13.8 Å². The monoisotopic (exact) mass is 677 g/mol. The van der Waals surface area contributed by atoms with Gasteiger partial charge in [0, 0.05) is 13.0 Å². The van der Waals surface area contributed by atoms with E-state index in [2.05, 4.69) is 19.1 Å². The molecule has 0 bridgehead atoms. The number of phosphoric acid groups is 1. The molecule has 9 heteroatoms. The minimum atomic E-state index is -4.24. The molecule has 0 radical (unpaired) electrons. The number of nitrogens with zero attached hydrogens (tertiary/aromatic N) is 1. The number of phosphoric ester groups is 1. The summed E-state index contributed by atoms with van der Waals surface area (Å²) in [6.45, 7) is 5.38. The van der Waals surface area contributed by atoms with Gasteiger partial charge in [0.05, 0.1) is 34.4 Å². The molecule has 0 rings (SSSR count). The van der Waals surface area contributed by atoms with Crippen LogP contribution in [0.15, 0.2) is 12.2 Å². The van der Waals surface area contributed by atoms with Crippen molar-refractivity contribution in [3.8, 4) is 0 Å². The molecule has 0 aromatic rings.